The molecule has 5 atom stereocenters. The van der Waals surface area contributed by atoms with Crippen molar-refractivity contribution in [3.8, 4) is 10.4 Å². The molecule has 2 fully saturated rings. The van der Waals surface area contributed by atoms with Gasteiger partial charge < -0.3 is 46.4 Å². The molecule has 566 valence electrons. The molecule has 1 aromatic heterocycles. The maximum atomic E-state index is 14.5. The number of carbonyl (C=O) groups is 3. The van der Waals surface area contributed by atoms with Crippen molar-refractivity contribution in [1.29, 1.82) is 0 Å². The number of carbonyl (C=O) groups excluding carboxylic acids is 3. The average Bonchev–Trinajstić information content (AvgIpc) is 0.802. The minimum atomic E-state index is -6.12. The predicted molar refractivity (Wildman–Crippen MR) is 413 cm³/mol. The number of thioether (sulfide) groups is 1. The lowest BCUT2D eigenvalue weighted by Crippen LogP contribution is -2.56. The first kappa shape index (κ1) is 81.7. The fourth-order valence-corrected chi connectivity index (χ4v) is 17.8. The number of aliphatic hydroxyl groups is 1. The molecule has 0 unspecified atom stereocenters. The lowest BCUT2D eigenvalue weighted by Gasteiger charge is -2.35. The van der Waals surface area contributed by atoms with Crippen LogP contribution in [0.25, 0.3) is 16.0 Å². The first-order chi connectivity index (χ1) is 49.4. The van der Waals surface area contributed by atoms with Crippen molar-refractivity contribution in [2.75, 3.05) is 88.4 Å². The normalized spacial score (nSPS) is 17.9. The van der Waals surface area contributed by atoms with Gasteiger partial charge in [0.25, 0.3) is 25.8 Å². The number of nitrogens with zero attached hydrogens (tertiary/aromatic N) is 4. The Morgan fingerprint density at radius 1 is 0.788 bits per heavy atom. The second kappa shape index (κ2) is 37.4. The van der Waals surface area contributed by atoms with Gasteiger partial charge in [0.15, 0.2) is 0 Å². The molecule has 9 rings (SSSR count). The number of benzene rings is 5. The summed E-state index contributed by atoms with van der Waals surface area (Å²) >= 11 is 9.22. The maximum absolute atomic E-state index is 14.5. The number of amides is 3. The van der Waals surface area contributed by atoms with Gasteiger partial charge in [-0.05, 0) is 165 Å². The highest BCUT2D eigenvalue weighted by Gasteiger charge is 2.49. The van der Waals surface area contributed by atoms with E-state index in [1.165, 1.54) is 40.6 Å². The molecule has 3 heterocycles. The zero-order valence-electron chi connectivity index (χ0n) is 60.9. The fourth-order valence-electron chi connectivity index (χ4n) is 13.8. The molecule has 3 amide bonds. The highest BCUT2D eigenvalue weighted by atomic mass is 35.5. The molecular weight excluding hydrogens is 1430 g/mol. The van der Waals surface area contributed by atoms with E-state index in [9.17, 15) is 49.5 Å². The summed E-state index contributed by atoms with van der Waals surface area (Å²) in [6.07, 6.45) is 11.4. The van der Waals surface area contributed by atoms with E-state index in [0.29, 0.717) is 61.7 Å². The number of anilines is 2. The van der Waals surface area contributed by atoms with Gasteiger partial charge in [0, 0.05) is 98.3 Å². The molecule has 18 nitrogen and oxygen atoms in total. The Morgan fingerprint density at radius 2 is 1.43 bits per heavy atom. The number of unbranched alkanes of at least 4 members (excludes halogenated alkanes) is 7. The molecule has 104 heavy (non-hydrogen) atoms. The highest BCUT2D eigenvalue weighted by molar-refractivity contribution is 7.99. The van der Waals surface area contributed by atoms with Gasteiger partial charge in [-0.3, -0.25) is 14.4 Å². The van der Waals surface area contributed by atoms with E-state index in [4.69, 9.17) is 11.6 Å². The minimum absolute atomic E-state index is 0.0466. The van der Waals surface area contributed by atoms with E-state index in [-0.39, 0.29) is 41.8 Å². The summed E-state index contributed by atoms with van der Waals surface area (Å²) in [6.45, 7) is 22.0. The number of halogens is 4. The largest absolute Gasteiger partial charge is 0.501 e. The number of rotatable bonds is 36. The number of aliphatic hydroxyl groups excluding tert-OH is 1. The Morgan fingerprint density at radius 3 is 2.08 bits per heavy atom. The third kappa shape index (κ3) is 23.3. The first-order valence-corrected chi connectivity index (χ1v) is 41.6. The number of likely N-dealkylation sites (tertiary alicyclic amines) is 1. The van der Waals surface area contributed by atoms with Crippen LogP contribution in [0, 0.1) is 17.8 Å². The van der Waals surface area contributed by atoms with E-state index in [0.717, 1.165) is 142 Å². The van der Waals surface area contributed by atoms with Gasteiger partial charge >= 0.3 is 5.51 Å². The number of β-amino-alcohol motifs (C(OH)–C–C–N with tert-alkyl or cyclic N) is 1. The third-order valence-electron chi connectivity index (χ3n) is 19.9. The maximum Gasteiger partial charge on any atom is 0.501 e. The smallest absolute Gasteiger partial charge is 0.391 e. The topological polar surface area (TPSA) is 235 Å². The Hall–Kier alpha value is -6.39. The van der Waals surface area contributed by atoms with Crippen LogP contribution in [0.4, 0.5) is 24.5 Å². The van der Waals surface area contributed by atoms with Crippen LogP contribution in [-0.2, 0) is 29.4 Å². The van der Waals surface area contributed by atoms with Crippen molar-refractivity contribution >= 4 is 89.2 Å². The molecule has 26 heteroatoms. The van der Waals surface area contributed by atoms with Gasteiger partial charge in [-0.2, -0.15) is 13.2 Å². The minimum Gasteiger partial charge on any atom is -0.391 e. The molecule has 6 aromatic rings. The van der Waals surface area contributed by atoms with Crippen LogP contribution < -0.4 is 31.3 Å². The average molecular weight is 1530 g/mol. The van der Waals surface area contributed by atoms with Crippen molar-refractivity contribution in [1.82, 2.24) is 40.4 Å². The monoisotopic (exact) mass is 1530 g/mol. The number of allylic oxidation sites excluding steroid dienone is 1. The van der Waals surface area contributed by atoms with E-state index >= 15 is 0 Å². The number of hydrogen-bond donors (Lipinski definition) is 7. The number of sulfone groups is 1. The van der Waals surface area contributed by atoms with Gasteiger partial charge in [-0.1, -0.05) is 145 Å². The second-order valence-corrected chi connectivity index (χ2v) is 35.7. The zero-order valence-corrected chi connectivity index (χ0v) is 64.9. The quantitative estimate of drug-likeness (QED) is 0.0143. The van der Waals surface area contributed by atoms with Crippen LogP contribution in [0.2, 0.25) is 5.02 Å². The van der Waals surface area contributed by atoms with Crippen LogP contribution in [0.1, 0.15) is 158 Å². The molecule has 3 aliphatic rings. The van der Waals surface area contributed by atoms with Gasteiger partial charge in [0.2, 0.25) is 11.8 Å². The number of aromatic nitrogens is 1. The fraction of sp³-hybridized carbons (Fsp3) is 0.513. The highest BCUT2D eigenvalue weighted by Crippen LogP contribution is 2.43. The number of thiazole rings is 1. The Bertz CT molecular complexity index is 4060. The van der Waals surface area contributed by atoms with Crippen molar-refractivity contribution < 1.29 is 49.5 Å². The van der Waals surface area contributed by atoms with Crippen molar-refractivity contribution in [3.05, 3.63) is 160 Å². The lowest BCUT2D eigenvalue weighted by atomic mass is 9.73. The molecule has 7 N–H and O–H groups in total. The molecule has 0 spiro atoms. The summed E-state index contributed by atoms with van der Waals surface area (Å²) in [7, 11) is -11.0. The van der Waals surface area contributed by atoms with Gasteiger partial charge in [-0.15, -0.1) is 23.1 Å². The molecule has 2 aliphatic heterocycles. The van der Waals surface area contributed by atoms with Crippen molar-refractivity contribution in [3.63, 3.8) is 0 Å². The van der Waals surface area contributed by atoms with Crippen LogP contribution in [0.15, 0.2) is 147 Å². The second-order valence-electron chi connectivity index (χ2n) is 29.7. The number of piperazine rings is 1. The molecule has 0 radical (unpaired) electrons. The number of nitrogens with one attached hydrogen (secondary N) is 6. The van der Waals surface area contributed by atoms with Gasteiger partial charge in [0.1, 0.15) is 10.9 Å². The summed E-state index contributed by atoms with van der Waals surface area (Å²) < 4.78 is 99.8. The summed E-state index contributed by atoms with van der Waals surface area (Å²) in [5.74, 6) is -1.16. The number of sulfonamides is 1. The number of aryl methyl sites for hydroxylation is 1. The number of hydrogen-bond acceptors (Lipinski definition) is 17. The summed E-state index contributed by atoms with van der Waals surface area (Å²) in [4.78, 5) is 52.0. The van der Waals surface area contributed by atoms with Gasteiger partial charge in [0.05, 0.1) is 44.9 Å². The van der Waals surface area contributed by atoms with Crippen LogP contribution in [0.5, 0.6) is 0 Å². The Kier molecular flexibility index (Phi) is 29.4. The van der Waals surface area contributed by atoms with Crippen LogP contribution >= 0.6 is 34.7 Å². The summed E-state index contributed by atoms with van der Waals surface area (Å²) in [6, 6.07) is 31.8. The summed E-state index contributed by atoms with van der Waals surface area (Å²) in [5, 5.41) is 28.0. The summed E-state index contributed by atoms with van der Waals surface area (Å²) in [5.41, 5.74) is 2.85. The van der Waals surface area contributed by atoms with E-state index in [1.807, 2.05) is 112 Å². The lowest BCUT2D eigenvalue weighted by molar-refractivity contribution is -0.142. The van der Waals surface area contributed by atoms with Crippen molar-refractivity contribution in [2.24, 2.45) is 10.8 Å². The SMILES string of the molecule is Cc1ncsc1-c1ccc([C@H](C)NC(=O)[C@@H]2C[C@@H](O)CN2C(=O)[C@@H](NCCCCCCCCCCN2CCN(CC[C@H](CSc3ccccc3)Nc3ccc(S(=O)(=O)NC(=O)c4ccc(NCCNCC5=C(c6ccc(Cl)cc6)CCC(C)(C)C5)cc4)cc3S(=O)(=O)C(F)(F)F)CC2)C(C)(C)C)cc1. The van der Waals surface area contributed by atoms with Crippen LogP contribution in [0.3, 0.4) is 0 Å². The first-order valence-electron chi connectivity index (χ1n) is 36.4. The van der Waals surface area contributed by atoms with Crippen molar-refractivity contribution in [2.45, 2.75) is 182 Å². The van der Waals surface area contributed by atoms with Crippen LogP contribution in [-0.4, -0.2) is 167 Å². The molecule has 0 bridgehead atoms. The zero-order chi connectivity index (χ0) is 74.8. The third-order valence-corrected chi connectivity index (χ3v) is 25.1. The van der Waals surface area contributed by atoms with Gasteiger partial charge in [-0.25, -0.2) is 26.5 Å². The molecular formula is C78H104ClF3N10O8S4. The van der Waals surface area contributed by atoms with E-state index in [2.05, 4.69) is 67.3 Å². The van der Waals surface area contributed by atoms with E-state index < -0.39 is 76.4 Å². The number of alkyl halides is 3. The molecule has 0 saturated carbocycles. The molecule has 5 aromatic carbocycles. The Labute approximate surface area is 626 Å². The van der Waals surface area contributed by atoms with E-state index in [1.54, 1.807) is 28.4 Å². The molecule has 2 saturated heterocycles. The predicted octanol–water partition coefficient (Wildman–Crippen LogP) is 14.4. The molecule has 1 aliphatic carbocycles. The standard InChI is InChI=1S/C78H104ClF3N10O8S4/c1-54(56-21-23-58(24-22-56)71-55(2)86-53-102-71)87-74(95)69-47-64(93)51-92(69)75(96)72(76(3,4)5)85-38-17-12-10-8-9-11-13-18-41-90-43-45-91(46-44-90)42-36-63(52-101-65-19-15-14-16-20-65)88-68-34-33-66(48-70(68)103(97,98)78(80,81)82)104(99,100)89-73(94)59-27-31-62(32-28-59)84-40-39-83-50-60-49-77(6,7)37-35-67(60)57-25-29-61(79)30-26-57/h14-16,19-34,48,53-54,63-64,69,72,83-85,88,93H,8-13,17-18,35-47,49-52H2,1-7H3,(H,87,95)(H,89,94)/t54-,63+,64+,69-,72+/m0/s1. The Balaban J connectivity index is 0.688.